The third-order valence-corrected chi connectivity index (χ3v) is 8.30. The number of alkyl halides is 3. The highest BCUT2D eigenvalue weighted by Gasteiger charge is 2.45. The van der Waals surface area contributed by atoms with E-state index in [0.717, 1.165) is 29.8 Å². The summed E-state index contributed by atoms with van der Waals surface area (Å²) in [5.41, 5.74) is 1.00. The normalized spacial score (nSPS) is 18.9. The van der Waals surface area contributed by atoms with E-state index in [-0.39, 0.29) is 36.6 Å². The summed E-state index contributed by atoms with van der Waals surface area (Å²) in [6.45, 7) is 5.42. The number of ether oxygens (including phenoxy) is 2. The quantitative estimate of drug-likeness (QED) is 0.243. The summed E-state index contributed by atoms with van der Waals surface area (Å²) in [6.07, 6.45) is -4.57. The molecule has 2 unspecified atom stereocenters. The fourth-order valence-corrected chi connectivity index (χ4v) is 5.80. The molecule has 242 valence electrons. The molecule has 2 amide bonds. The average Bonchev–Trinajstić information content (AvgIpc) is 3.40. The number of piperazine rings is 1. The van der Waals surface area contributed by atoms with Crippen molar-refractivity contribution in [2.45, 2.75) is 25.2 Å². The molecule has 2 atom stereocenters. The Bertz CT molecular complexity index is 1480. The Hall–Kier alpha value is -3.02. The lowest BCUT2D eigenvalue weighted by Crippen LogP contribution is -2.54. The standard InChI is InChI=1S/C32H33Cl2F3N4O3.ClH/c1-3-44-27-20-23(32(35,36)37)8-13-26(27)30-38-28(21-4-9-24(33)10-5-21)29(22-6-11-25(34)12-7-22)41(30)31(42)40-16-14-39(15-17-40)18-19-43-2;/h4-13,20,28-29H,3,14-19H2,1-2H3;1H. The molecule has 13 heteroatoms. The van der Waals surface area contributed by atoms with Crippen molar-refractivity contribution in [2.24, 2.45) is 4.99 Å². The molecular formula is C32H34Cl3F3N4O3. The van der Waals surface area contributed by atoms with Gasteiger partial charge in [-0.2, -0.15) is 13.2 Å². The number of carbonyl (C=O) groups is 1. The van der Waals surface area contributed by atoms with E-state index < -0.39 is 23.8 Å². The lowest BCUT2D eigenvalue weighted by atomic mass is 9.93. The molecule has 2 aliphatic heterocycles. The van der Waals surface area contributed by atoms with Crippen LogP contribution in [0.5, 0.6) is 5.75 Å². The summed E-state index contributed by atoms with van der Waals surface area (Å²) < 4.78 is 52.1. The van der Waals surface area contributed by atoms with Crippen molar-refractivity contribution in [3.05, 3.63) is 99.0 Å². The van der Waals surface area contributed by atoms with Crippen LogP contribution in [0.15, 0.2) is 71.7 Å². The van der Waals surface area contributed by atoms with Gasteiger partial charge in [-0.25, -0.2) is 4.79 Å². The monoisotopic (exact) mass is 684 g/mol. The van der Waals surface area contributed by atoms with Gasteiger partial charge < -0.3 is 14.4 Å². The SMILES string of the molecule is CCOc1cc(C(F)(F)F)ccc1C1=NC(c2ccc(Cl)cc2)C(c2ccc(Cl)cc2)N1C(=O)N1CCN(CCOC)CC1.Cl. The number of rotatable bonds is 8. The molecule has 0 aliphatic carbocycles. The fourth-order valence-electron chi connectivity index (χ4n) is 5.55. The van der Waals surface area contributed by atoms with E-state index >= 15 is 0 Å². The van der Waals surface area contributed by atoms with Gasteiger partial charge in [-0.1, -0.05) is 47.5 Å². The first-order chi connectivity index (χ1) is 21.1. The van der Waals surface area contributed by atoms with Crippen molar-refractivity contribution in [3.8, 4) is 5.75 Å². The first-order valence-corrected chi connectivity index (χ1v) is 15.1. The number of aliphatic imine (C=N–C) groups is 1. The molecule has 45 heavy (non-hydrogen) atoms. The summed E-state index contributed by atoms with van der Waals surface area (Å²) in [5.74, 6) is 0.226. The maximum Gasteiger partial charge on any atom is 0.416 e. The Morgan fingerprint density at radius 2 is 1.53 bits per heavy atom. The summed E-state index contributed by atoms with van der Waals surface area (Å²) in [6, 6.07) is 16.1. The molecule has 1 saturated heterocycles. The van der Waals surface area contributed by atoms with Crippen LogP contribution in [0.1, 0.15) is 41.3 Å². The highest BCUT2D eigenvalue weighted by atomic mass is 35.5. The highest BCUT2D eigenvalue weighted by Crippen LogP contribution is 2.46. The number of nitrogens with zero attached hydrogens (tertiary/aromatic N) is 4. The molecule has 2 aliphatic rings. The second kappa shape index (κ2) is 15.0. The maximum absolute atomic E-state index is 14.5. The van der Waals surface area contributed by atoms with E-state index in [1.165, 1.54) is 6.07 Å². The number of methoxy groups -OCH3 is 1. The van der Waals surface area contributed by atoms with Gasteiger partial charge in [0.2, 0.25) is 0 Å². The number of halogens is 6. The van der Waals surface area contributed by atoms with Crippen LogP contribution in [-0.4, -0.2) is 79.6 Å². The molecule has 2 heterocycles. The van der Waals surface area contributed by atoms with Crippen molar-refractivity contribution in [2.75, 3.05) is 53.0 Å². The van der Waals surface area contributed by atoms with Gasteiger partial charge in [0.1, 0.15) is 17.6 Å². The second-order valence-electron chi connectivity index (χ2n) is 10.6. The predicted octanol–water partition coefficient (Wildman–Crippen LogP) is 7.76. The number of amides is 2. The van der Waals surface area contributed by atoms with Crippen LogP contribution in [0.4, 0.5) is 18.0 Å². The highest BCUT2D eigenvalue weighted by molar-refractivity contribution is 6.30. The molecule has 3 aromatic carbocycles. The van der Waals surface area contributed by atoms with Crippen molar-refractivity contribution < 1.29 is 27.4 Å². The number of carbonyl (C=O) groups excluding carboxylic acids is 1. The van der Waals surface area contributed by atoms with Crippen LogP contribution >= 0.6 is 35.6 Å². The molecule has 0 saturated carbocycles. The summed E-state index contributed by atoms with van der Waals surface area (Å²) in [4.78, 5) is 25.2. The van der Waals surface area contributed by atoms with Crippen LogP contribution in [0.25, 0.3) is 0 Å². The number of urea groups is 1. The van der Waals surface area contributed by atoms with Gasteiger partial charge in [-0.3, -0.25) is 14.8 Å². The minimum Gasteiger partial charge on any atom is -0.493 e. The van der Waals surface area contributed by atoms with E-state index in [1.807, 2.05) is 24.3 Å². The average molecular weight is 686 g/mol. The van der Waals surface area contributed by atoms with Gasteiger partial charge >= 0.3 is 12.2 Å². The van der Waals surface area contributed by atoms with Gasteiger partial charge in [-0.15, -0.1) is 12.4 Å². The number of hydrogen-bond acceptors (Lipinski definition) is 5. The first kappa shape index (κ1) is 34.8. The summed E-state index contributed by atoms with van der Waals surface area (Å²) in [5, 5.41) is 1.07. The fraction of sp³-hybridized carbons (Fsp3) is 0.375. The second-order valence-corrected chi connectivity index (χ2v) is 11.4. The van der Waals surface area contributed by atoms with Gasteiger partial charge in [0.25, 0.3) is 0 Å². The third kappa shape index (κ3) is 7.86. The minimum absolute atomic E-state index is 0. The van der Waals surface area contributed by atoms with E-state index in [4.69, 9.17) is 37.7 Å². The Labute approximate surface area is 276 Å². The van der Waals surface area contributed by atoms with E-state index in [0.29, 0.717) is 48.4 Å². The smallest absolute Gasteiger partial charge is 0.416 e. The van der Waals surface area contributed by atoms with E-state index in [9.17, 15) is 18.0 Å². The molecule has 3 aromatic rings. The van der Waals surface area contributed by atoms with Gasteiger partial charge in [-0.05, 0) is 60.5 Å². The van der Waals surface area contributed by atoms with E-state index in [1.54, 1.807) is 48.1 Å². The van der Waals surface area contributed by atoms with Crippen molar-refractivity contribution in [3.63, 3.8) is 0 Å². The zero-order valence-corrected chi connectivity index (χ0v) is 27.1. The molecule has 1 fully saturated rings. The minimum atomic E-state index is -4.57. The van der Waals surface area contributed by atoms with Crippen LogP contribution < -0.4 is 4.74 Å². The van der Waals surface area contributed by atoms with Gasteiger partial charge in [0, 0.05) is 49.9 Å². The molecule has 5 rings (SSSR count). The largest absolute Gasteiger partial charge is 0.493 e. The molecule has 0 aromatic heterocycles. The predicted molar refractivity (Wildman–Crippen MR) is 172 cm³/mol. The zero-order valence-electron chi connectivity index (χ0n) is 24.8. The van der Waals surface area contributed by atoms with Crippen LogP contribution in [0.3, 0.4) is 0 Å². The first-order valence-electron chi connectivity index (χ1n) is 14.3. The molecule has 0 radical (unpaired) electrons. The lowest BCUT2D eigenvalue weighted by molar-refractivity contribution is -0.137. The van der Waals surface area contributed by atoms with Crippen LogP contribution in [0, 0.1) is 0 Å². The Balaban J connectivity index is 0.00000461. The maximum atomic E-state index is 14.5. The van der Waals surface area contributed by atoms with Crippen molar-refractivity contribution in [1.82, 2.24) is 14.7 Å². The number of amidine groups is 1. The third-order valence-electron chi connectivity index (χ3n) is 7.80. The molecule has 0 N–H and O–H groups in total. The molecular weight excluding hydrogens is 652 g/mol. The number of benzene rings is 3. The van der Waals surface area contributed by atoms with E-state index in [2.05, 4.69) is 4.90 Å². The van der Waals surface area contributed by atoms with Gasteiger partial charge in [0.05, 0.1) is 30.4 Å². The number of hydrogen-bond donors (Lipinski definition) is 0. The topological polar surface area (TPSA) is 57.6 Å². The zero-order chi connectivity index (χ0) is 31.4. The summed E-state index contributed by atoms with van der Waals surface area (Å²) in [7, 11) is 1.65. The summed E-state index contributed by atoms with van der Waals surface area (Å²) >= 11 is 12.4. The van der Waals surface area contributed by atoms with Crippen LogP contribution in [-0.2, 0) is 10.9 Å². The van der Waals surface area contributed by atoms with Crippen LogP contribution in [0.2, 0.25) is 10.0 Å². The Morgan fingerprint density at radius 3 is 2.09 bits per heavy atom. The van der Waals surface area contributed by atoms with Crippen molar-refractivity contribution >= 4 is 47.5 Å². The molecule has 7 nitrogen and oxygen atoms in total. The molecule has 0 bridgehead atoms. The van der Waals surface area contributed by atoms with Crippen molar-refractivity contribution in [1.29, 1.82) is 0 Å². The Morgan fingerprint density at radius 1 is 0.933 bits per heavy atom. The Kier molecular flexibility index (Phi) is 11.7. The van der Waals surface area contributed by atoms with Gasteiger partial charge in [0.15, 0.2) is 0 Å². The molecule has 0 spiro atoms. The lowest BCUT2D eigenvalue weighted by Gasteiger charge is -2.39.